The number of rotatable bonds is 23. The molecule has 0 aliphatic carbocycles. The van der Waals surface area contributed by atoms with Crippen LogP contribution in [0.3, 0.4) is 0 Å². The topological polar surface area (TPSA) is 212 Å². The number of nitrogens with zero attached hydrogens (tertiary/aromatic N) is 2. The van der Waals surface area contributed by atoms with Gasteiger partial charge in [-0.05, 0) is 12.1 Å². The predicted molar refractivity (Wildman–Crippen MR) is 168 cm³/mol. The molecule has 0 bridgehead atoms. The average molecular weight is 1480 g/mol. The first-order valence-electron chi connectivity index (χ1n) is 13.8. The Morgan fingerprint density at radius 1 is 0.580 bits per heavy atom. The van der Waals surface area contributed by atoms with E-state index in [0.717, 1.165) is 0 Å². The first-order chi connectivity index (χ1) is 22.6. The molecule has 0 saturated heterocycles. The molecule has 0 fully saturated rings. The van der Waals surface area contributed by atoms with Crippen molar-refractivity contribution in [1.82, 2.24) is 0 Å². The van der Waals surface area contributed by atoms with Gasteiger partial charge in [-0.2, -0.15) is 5.26 Å². The summed E-state index contributed by atoms with van der Waals surface area (Å²) in [5.41, 5.74) is 0.445. The third kappa shape index (κ3) is 40.5. The third-order valence-corrected chi connectivity index (χ3v) is 4.58. The predicted octanol–water partition coefficient (Wildman–Crippen LogP) is 0.502. The number of nitriles is 1. The van der Waals surface area contributed by atoms with Crippen molar-refractivity contribution in [2.75, 3.05) is 79.2 Å². The Bertz CT molecular complexity index is 862. The van der Waals surface area contributed by atoms with Crippen molar-refractivity contribution in [3.05, 3.63) is 83.9 Å². The average Bonchev–Trinajstić information content (AvgIpc) is 3.04. The minimum absolute atomic E-state index is 0. The van der Waals surface area contributed by atoms with Gasteiger partial charge in [-0.25, -0.2) is 49.2 Å². The normalized spacial score (nSPS) is 11.5. The van der Waals surface area contributed by atoms with Crippen LogP contribution in [0.5, 0.6) is 5.75 Å². The van der Waals surface area contributed by atoms with E-state index >= 15 is 0 Å². The number of aliphatic hydroxyl groups is 5. The van der Waals surface area contributed by atoms with Crippen molar-refractivity contribution in [3.63, 3.8) is 0 Å². The molecule has 1 rings (SSSR count). The Morgan fingerprint density at radius 2 is 0.920 bits per heavy atom. The van der Waals surface area contributed by atoms with Gasteiger partial charge in [-0.1, -0.05) is 12.1 Å². The van der Waals surface area contributed by atoms with Crippen LogP contribution in [0, 0.1) is 60.6 Å². The summed E-state index contributed by atoms with van der Waals surface area (Å²) in [6.45, 7) is 8.40. The Morgan fingerprint density at radius 3 is 1.30 bits per heavy atom. The molecule has 3 atom stereocenters. The fourth-order valence-corrected chi connectivity index (χ4v) is 2.60. The summed E-state index contributed by atoms with van der Waals surface area (Å²) < 4.78 is 41.6. The summed E-state index contributed by atoms with van der Waals surface area (Å²) in [6.07, 6.45) is -3.45. The van der Waals surface area contributed by atoms with Crippen LogP contribution < -0.4 is 4.74 Å². The van der Waals surface area contributed by atoms with Gasteiger partial charge in [0.25, 0.3) is 0 Å². The number of hydrogen-bond acceptors (Lipinski definition) is 15. The van der Waals surface area contributed by atoms with E-state index in [2.05, 4.69) is 75.9 Å². The van der Waals surface area contributed by atoms with Crippen molar-refractivity contribution in [1.29, 1.82) is 5.26 Å². The van der Waals surface area contributed by atoms with Gasteiger partial charge in [-0.3, -0.25) is 0 Å². The maximum atomic E-state index is 9.34. The maximum Gasteiger partial charge on any atom is 0.237 e. The Kier molecular flexibility index (Phi) is 49.4. The van der Waals surface area contributed by atoms with E-state index < -0.39 is 30.5 Å². The van der Waals surface area contributed by atoms with Crippen molar-refractivity contribution in [2.24, 2.45) is 0 Å². The number of benzene rings is 1. The zero-order chi connectivity index (χ0) is 36.1. The molecular formula is C31H50N2O14Rf3-6. The van der Waals surface area contributed by atoms with Gasteiger partial charge in [0, 0.05) is 39.6 Å². The van der Waals surface area contributed by atoms with E-state index in [0.29, 0.717) is 17.9 Å². The number of aliphatic hydroxyl groups excluding tert-OH is 5. The van der Waals surface area contributed by atoms with E-state index in [-0.39, 0.29) is 72.6 Å². The minimum atomic E-state index is -0.751. The first kappa shape index (κ1) is 56.8. The molecule has 5 N–H and O–H groups in total. The second-order valence-electron chi connectivity index (χ2n) is 8.91. The maximum absolute atomic E-state index is 9.34. The van der Waals surface area contributed by atoms with E-state index in [1.807, 2.05) is 6.07 Å². The van der Waals surface area contributed by atoms with Gasteiger partial charge in [0.2, 0.25) is 6.54 Å². The molecule has 0 spiro atoms. The Balaban J connectivity index is -0.000000132. The summed E-state index contributed by atoms with van der Waals surface area (Å²) in [5, 5.41) is 54.0. The summed E-state index contributed by atoms with van der Waals surface area (Å²) in [5.74, 6) is 0.461. The molecule has 19 heteroatoms. The third-order valence-electron chi connectivity index (χ3n) is 4.58. The molecule has 1 aromatic rings. The van der Waals surface area contributed by atoms with Gasteiger partial charge < -0.3 is 73.0 Å². The van der Waals surface area contributed by atoms with Gasteiger partial charge in [0.05, 0.1) is 43.7 Å². The van der Waals surface area contributed by atoms with Crippen LogP contribution in [-0.4, -0.2) is 135 Å². The summed E-state index contributed by atoms with van der Waals surface area (Å²) in [4.78, 5) is 3.10. The van der Waals surface area contributed by atoms with Crippen molar-refractivity contribution in [2.45, 2.75) is 30.5 Å². The van der Waals surface area contributed by atoms with Crippen LogP contribution in [0.25, 0.3) is 4.85 Å². The van der Waals surface area contributed by atoms with Crippen LogP contribution in [0.2, 0.25) is 0 Å². The van der Waals surface area contributed by atoms with E-state index in [4.69, 9.17) is 36.3 Å². The minimum Gasteiger partial charge on any atom is -0.553 e. The summed E-state index contributed by atoms with van der Waals surface area (Å²) in [7, 11) is 18.6. The first-order valence-corrected chi connectivity index (χ1v) is 13.8. The van der Waals surface area contributed by atoms with Crippen molar-refractivity contribution >= 4 is 0 Å². The van der Waals surface area contributed by atoms with Crippen LogP contribution in [0.4, 0.5) is 0 Å². The van der Waals surface area contributed by atoms with E-state index in [9.17, 15) is 15.3 Å². The second-order valence-corrected chi connectivity index (χ2v) is 8.91. The van der Waals surface area contributed by atoms with Crippen LogP contribution in [-0.2, 0) is 37.9 Å². The molecule has 0 aromatic heterocycles. The number of para-hydroxylation sites is 1. The fourth-order valence-electron chi connectivity index (χ4n) is 2.60. The molecule has 16 nitrogen and oxygen atoms in total. The van der Waals surface area contributed by atoms with Gasteiger partial charge in [0.1, 0.15) is 37.2 Å². The SMILES string of the molecule is [C-]#[N+]CCOCC(O)COCC(O)CO[CH2-].[CH2-]OCC(O)CO[CH2-].[CH2-]OCC(O)CO[CH2-].[CH2-]OCC(O)COc1ccccc1C#N.[Rf].[Rf].[Rf]. The smallest absolute Gasteiger partial charge is 0.237 e. The molecule has 1 aromatic carbocycles. The van der Waals surface area contributed by atoms with E-state index in [1.165, 1.54) is 0 Å². The Hall–Kier alpha value is -5.52. The molecule has 0 aliphatic heterocycles. The van der Waals surface area contributed by atoms with Gasteiger partial charge in [-0.15, -0.1) is 0 Å². The van der Waals surface area contributed by atoms with Crippen molar-refractivity contribution < 1.29 is 68.2 Å². The molecule has 0 heterocycles. The van der Waals surface area contributed by atoms with Crippen LogP contribution in [0.1, 0.15) is 5.56 Å². The molecule has 50 heavy (non-hydrogen) atoms. The molecule has 0 aliphatic rings. The van der Waals surface area contributed by atoms with Crippen LogP contribution >= 0.6 is 0 Å². The van der Waals surface area contributed by atoms with Gasteiger partial charge >= 0.3 is 0 Å². The van der Waals surface area contributed by atoms with Gasteiger partial charge in [0.15, 0.2) is 0 Å². The zero-order valence-electron chi connectivity index (χ0n) is 28.9. The quantitative estimate of drug-likeness (QED) is 0.0747. The Labute approximate surface area is 279 Å². The monoisotopic (exact) mass is 1480 g/mol. The zero-order valence-corrected chi connectivity index (χ0v) is 48.0. The van der Waals surface area contributed by atoms with Crippen molar-refractivity contribution in [3.8, 4) is 11.8 Å². The molecule has 0 amide bonds. The number of hydrogen-bond donors (Lipinski definition) is 5. The van der Waals surface area contributed by atoms with Crippen LogP contribution in [0.15, 0.2) is 24.3 Å². The van der Waals surface area contributed by atoms with E-state index in [1.54, 1.807) is 24.3 Å². The molecule has 3 unspecified atom stereocenters. The molecule has 0 radical (unpaired) electrons. The summed E-state index contributed by atoms with van der Waals surface area (Å²) in [6, 6.07) is 8.85. The summed E-state index contributed by atoms with van der Waals surface area (Å²) >= 11 is 0. The molecule has 0 saturated carbocycles. The standard InChI is InChI=1S/C11H12NO3.C10H18NO5.2C5H10O3.3Rf/c1-14-7-10(13)8-15-11-5-3-2-4-9(11)6-12;1-11-3-4-15-6-10(13)8-16-7-9(12)5-14-2;2*1-7-3-5(6)4-8-2;;;/h2-5,10,13H,1,7-8H2;9-10,12-13H,2-8H2;2*5-6H,1-4H2;;;/q2*-1;2*-2;;;. The fraction of sp³-hybridized carbons (Fsp3) is 0.548. The molecule has 280 valence electrons. The largest absolute Gasteiger partial charge is 0.553 e. The molecular weight excluding hydrogens is 1430 g/mol. The second kappa shape index (κ2) is 43.5. The number of ether oxygens (including phenoxy) is 9.